The zero-order chi connectivity index (χ0) is 72.5. The van der Waals surface area contributed by atoms with E-state index < -0.39 is 17.5 Å². The molecular weight excluding hydrogens is 1370 g/mol. The van der Waals surface area contributed by atoms with Gasteiger partial charge in [0.05, 0.1) is 21.3 Å². The van der Waals surface area contributed by atoms with Crippen LogP contribution >= 0.6 is 34.8 Å². The topological polar surface area (TPSA) is 281 Å². The molecule has 0 bridgehead atoms. The molecule has 12 rings (SSSR count). The Kier molecular flexibility index (Phi) is 37.4. The number of hydrogen-bond donors (Lipinski definition) is 8. The number of nitrogen functional groups attached to an aromatic ring is 1. The van der Waals surface area contributed by atoms with Crippen LogP contribution in [0.15, 0.2) is 54.6 Å². The number of nitrogens with one attached hydrogen (secondary N) is 6. The molecule has 6 aromatic rings. The van der Waals surface area contributed by atoms with Gasteiger partial charge in [0.15, 0.2) is 34.7 Å². The summed E-state index contributed by atoms with van der Waals surface area (Å²) >= 11 is 16.0. The van der Waals surface area contributed by atoms with Crippen LogP contribution < -0.4 is 67.4 Å². The van der Waals surface area contributed by atoms with E-state index in [1.807, 2.05) is 7.05 Å². The molecule has 24 nitrogen and oxygen atoms in total. The lowest BCUT2D eigenvalue weighted by molar-refractivity contribution is 0.240. The number of piperidine rings is 3. The van der Waals surface area contributed by atoms with Crippen LogP contribution in [0.25, 0.3) is 0 Å². The van der Waals surface area contributed by atoms with Crippen molar-refractivity contribution in [2.24, 2.45) is 5.73 Å². The van der Waals surface area contributed by atoms with Gasteiger partial charge in [0, 0.05) is 85.6 Å². The Labute approximate surface area is 618 Å². The Morgan fingerprint density at radius 1 is 0.461 bits per heavy atom. The molecule has 6 fully saturated rings. The Hall–Kier alpha value is -6.85. The summed E-state index contributed by atoms with van der Waals surface area (Å²) in [6, 6.07) is 16.5. The maximum absolute atomic E-state index is 14.2. The van der Waals surface area contributed by atoms with Crippen molar-refractivity contribution < 1.29 is 27.4 Å². The van der Waals surface area contributed by atoms with Crippen molar-refractivity contribution in [2.45, 2.75) is 198 Å². The monoisotopic (exact) mass is 1480 g/mol. The zero-order valence-electron chi connectivity index (χ0n) is 60.3. The molecule has 0 unspecified atom stereocenters. The number of nitrogens with two attached hydrogens (primary N) is 2. The Balaban J connectivity index is 0.000000215. The second-order valence-corrected chi connectivity index (χ2v) is 27.6. The number of anilines is 9. The molecule has 3 aromatic heterocycles. The van der Waals surface area contributed by atoms with Gasteiger partial charge < -0.3 is 77.2 Å². The smallest absolute Gasteiger partial charge is 0.233 e. The second kappa shape index (κ2) is 45.4. The average molecular weight is 1480 g/mol. The Morgan fingerprint density at radius 3 is 1.19 bits per heavy atom. The molecule has 30 heteroatoms. The first-order chi connectivity index (χ1) is 48.8. The van der Waals surface area contributed by atoms with Crippen molar-refractivity contribution >= 4 is 87.6 Å². The van der Waals surface area contributed by atoms with Crippen molar-refractivity contribution in [3.8, 4) is 17.2 Å². The first kappa shape index (κ1) is 84.1. The van der Waals surface area contributed by atoms with Gasteiger partial charge in [0.2, 0.25) is 51.5 Å². The normalized spacial score (nSPS) is 17.6. The highest BCUT2D eigenvalue weighted by Crippen LogP contribution is 2.30. The van der Waals surface area contributed by atoms with Gasteiger partial charge in [0.25, 0.3) is 0 Å². The molecule has 3 saturated heterocycles. The predicted octanol–water partition coefficient (Wildman–Crippen LogP) is 14.4. The molecule has 3 saturated carbocycles. The summed E-state index contributed by atoms with van der Waals surface area (Å²) in [5.41, 5.74) is 12.5. The van der Waals surface area contributed by atoms with E-state index in [1.165, 1.54) is 161 Å². The molecule has 10 N–H and O–H groups in total. The van der Waals surface area contributed by atoms with Crippen LogP contribution in [0.5, 0.6) is 17.2 Å². The van der Waals surface area contributed by atoms with Gasteiger partial charge in [-0.25, -0.2) is 13.2 Å². The first-order valence-corrected chi connectivity index (χ1v) is 37.0. The van der Waals surface area contributed by atoms with Crippen LogP contribution in [0.3, 0.4) is 0 Å². The van der Waals surface area contributed by atoms with E-state index in [2.05, 4.69) is 114 Å². The van der Waals surface area contributed by atoms with Gasteiger partial charge in [-0.3, -0.25) is 0 Å². The molecule has 0 radical (unpaired) electrons. The van der Waals surface area contributed by atoms with E-state index in [0.717, 1.165) is 83.6 Å². The van der Waals surface area contributed by atoms with Crippen molar-refractivity contribution in [3.63, 3.8) is 0 Å². The van der Waals surface area contributed by atoms with Crippen LogP contribution in [0.1, 0.15) is 162 Å². The maximum atomic E-state index is 14.2. The summed E-state index contributed by atoms with van der Waals surface area (Å²) in [7, 11) is 14.8. The minimum atomic E-state index is -0.435. The fourth-order valence-electron chi connectivity index (χ4n) is 12.7. The van der Waals surface area contributed by atoms with Gasteiger partial charge >= 0.3 is 0 Å². The molecule has 102 heavy (non-hydrogen) atoms. The number of benzene rings is 3. The first-order valence-electron chi connectivity index (χ1n) is 35.8. The van der Waals surface area contributed by atoms with Crippen LogP contribution in [0.4, 0.5) is 65.9 Å². The predicted molar refractivity (Wildman–Crippen MR) is 410 cm³/mol. The van der Waals surface area contributed by atoms with E-state index in [4.69, 9.17) is 70.7 Å². The second-order valence-electron chi connectivity index (χ2n) is 26.6. The number of methoxy groups -OCH3 is 3. The summed E-state index contributed by atoms with van der Waals surface area (Å²) in [6.45, 7) is 6.61. The number of rotatable bonds is 16. The van der Waals surface area contributed by atoms with Gasteiger partial charge in [-0.1, -0.05) is 84.5 Å². The summed E-state index contributed by atoms with van der Waals surface area (Å²) in [5, 5.41) is 20.1. The Morgan fingerprint density at radius 2 is 0.814 bits per heavy atom. The van der Waals surface area contributed by atoms with Crippen molar-refractivity contribution in [1.29, 1.82) is 0 Å². The summed E-state index contributed by atoms with van der Waals surface area (Å²) in [5.74, 6) is 2.53. The number of hydrogen-bond acceptors (Lipinski definition) is 24. The summed E-state index contributed by atoms with van der Waals surface area (Å²) in [6.07, 6.45) is 29.4. The van der Waals surface area contributed by atoms with E-state index in [0.29, 0.717) is 83.0 Å². The van der Waals surface area contributed by atoms with Crippen LogP contribution in [-0.4, -0.2) is 187 Å². The molecule has 0 atom stereocenters. The largest absolute Gasteiger partial charge is 0.494 e. The SMILES string of the molecule is C.CNC1CCN(C)CC1.COc1ccc(N)cc1F.COc1ccc(Nc2nc(NC3CCCCCC3)nc(N(C)C3CCN(C)CC3)n2)cc1F.COc1ccc(Nc2nc(NC3CCCCCC3)nc(N(C)C3CCNCC3)n2)cc1F.Clc1nc(Cl)nc(Cl)n1.NC1CCCCCC1. The lowest BCUT2D eigenvalue weighted by atomic mass is 10.0. The zero-order valence-corrected chi connectivity index (χ0v) is 62.6. The van der Waals surface area contributed by atoms with Crippen LogP contribution in [0, 0.1) is 17.5 Å². The molecule has 6 aliphatic rings. The molecule has 3 aliphatic heterocycles. The van der Waals surface area contributed by atoms with E-state index in [-0.39, 0.29) is 40.5 Å². The van der Waals surface area contributed by atoms with Gasteiger partial charge in [-0.15, -0.1) is 0 Å². The minimum absolute atomic E-state index is 0. The molecule has 566 valence electrons. The highest BCUT2D eigenvalue weighted by atomic mass is 35.5. The third kappa shape index (κ3) is 29.7. The fourth-order valence-corrected chi connectivity index (χ4v) is 13.4. The van der Waals surface area contributed by atoms with Crippen molar-refractivity contribution in [3.05, 3.63) is 87.9 Å². The molecule has 6 heterocycles. The number of nitrogens with zero attached hydrogens (tertiary/aromatic N) is 13. The number of ether oxygens (including phenoxy) is 3. The highest BCUT2D eigenvalue weighted by molar-refractivity contribution is 6.33. The van der Waals surface area contributed by atoms with E-state index >= 15 is 0 Å². The summed E-state index contributed by atoms with van der Waals surface area (Å²) < 4.78 is 55.8. The minimum Gasteiger partial charge on any atom is -0.494 e. The fraction of sp³-hybridized carbons (Fsp3) is 0.625. The van der Waals surface area contributed by atoms with Crippen LogP contribution in [0.2, 0.25) is 15.9 Å². The Bertz CT molecular complexity index is 3300. The number of halogens is 6. The highest BCUT2D eigenvalue weighted by Gasteiger charge is 2.26. The number of aromatic nitrogens is 9. The molecule has 0 spiro atoms. The standard InChI is InChI=1S/C24H36FN7O.C23H34FN7O.C7H8FNO.C7H16N2.C7H15N.C3Cl3N3.CH4/c1-31-14-12-19(13-15-31)32(2)24-29-22(26-17-8-6-4-5-7-9-17)28-23(30-24)27-18-10-11-21(33-3)20(25)16-18;1-31(18-11-13-25-14-12-18)23-29-21(26-16-7-5-3-4-6-8-16)28-22(30-23)27-17-9-10-20(32-2)19(24)15-17;1-10-7-3-2-5(9)4-6(7)8;1-8-7-3-5-9(2)6-4-7;8-7-5-3-1-2-4-6-7;4-1-7-2(5)9-3(6)8-1;/h10-11,16-17,19H,4-9,12-15H2,1-3H3,(H2,26,27,28,29,30);9-10,15-16,18,25H,3-8,11-14H2,1-2H3,(H2,26,27,28,29,30);2-4H,9H2,1H3;7-8H,3-6H2,1-2H3;7H,1-6,8H2;;1H4. The molecule has 3 aliphatic carbocycles. The quantitative estimate of drug-likeness (QED) is 0.0330. The van der Waals surface area contributed by atoms with Crippen LogP contribution in [-0.2, 0) is 0 Å². The van der Waals surface area contributed by atoms with Crippen molar-refractivity contribution in [2.75, 3.05) is 133 Å². The van der Waals surface area contributed by atoms with E-state index in [9.17, 15) is 13.2 Å². The maximum Gasteiger partial charge on any atom is 0.233 e. The summed E-state index contributed by atoms with van der Waals surface area (Å²) in [4.78, 5) is 47.6. The van der Waals surface area contributed by atoms with Gasteiger partial charge in [-0.2, -0.15) is 44.9 Å². The molecule has 0 amide bonds. The molecular formula is C72H113Cl3F3N21O3. The van der Waals surface area contributed by atoms with Gasteiger partial charge in [0.1, 0.15) is 0 Å². The van der Waals surface area contributed by atoms with Crippen molar-refractivity contribution in [1.82, 2.24) is 65.3 Å². The molecule has 3 aromatic carbocycles. The number of likely N-dealkylation sites (tertiary alicyclic amines) is 2. The third-order valence-electron chi connectivity index (χ3n) is 18.9. The lowest BCUT2D eigenvalue weighted by Crippen LogP contribution is -2.42. The average Bonchev–Trinajstić information content (AvgIpc) is 0.890. The van der Waals surface area contributed by atoms with E-state index in [1.54, 1.807) is 30.3 Å². The third-order valence-corrected chi connectivity index (χ3v) is 19.4. The van der Waals surface area contributed by atoms with Gasteiger partial charge in [-0.05, 0) is 209 Å². The lowest BCUT2D eigenvalue weighted by Gasteiger charge is -2.35.